The summed E-state index contributed by atoms with van der Waals surface area (Å²) in [6.45, 7) is 5.29. The van der Waals surface area contributed by atoms with Gasteiger partial charge in [-0.1, -0.05) is 13.8 Å². The van der Waals surface area contributed by atoms with Gasteiger partial charge >= 0.3 is 0 Å². The van der Waals surface area contributed by atoms with Gasteiger partial charge in [0.05, 0.1) is 0 Å². The fourth-order valence-corrected chi connectivity index (χ4v) is 2.62. The summed E-state index contributed by atoms with van der Waals surface area (Å²) >= 11 is 0. The van der Waals surface area contributed by atoms with Gasteiger partial charge in [-0.25, -0.2) is 8.78 Å². The molecule has 0 aliphatic heterocycles. The Bertz CT molecular complexity index is 372. The molecule has 3 unspecified atom stereocenters. The van der Waals surface area contributed by atoms with Gasteiger partial charge in [0.25, 0.3) is 0 Å². The molecule has 1 aliphatic rings. The van der Waals surface area contributed by atoms with Crippen LogP contribution in [-0.4, -0.2) is 12.6 Å². The highest BCUT2D eigenvalue weighted by Gasteiger charge is 2.38. The Hall–Kier alpha value is -0.960. The maximum absolute atomic E-state index is 13.1. The van der Waals surface area contributed by atoms with Crippen molar-refractivity contribution in [3.8, 4) is 0 Å². The lowest BCUT2D eigenvalue weighted by Gasteiger charge is -2.43. The van der Waals surface area contributed by atoms with Crippen LogP contribution < -0.4 is 5.32 Å². The Morgan fingerprint density at radius 3 is 2.41 bits per heavy atom. The first-order valence-corrected chi connectivity index (χ1v) is 6.31. The van der Waals surface area contributed by atoms with E-state index in [-0.39, 0.29) is 5.92 Å². The summed E-state index contributed by atoms with van der Waals surface area (Å²) in [5.41, 5.74) is 0.796. The fraction of sp³-hybridized carbons (Fsp3) is 0.571. The van der Waals surface area contributed by atoms with Crippen molar-refractivity contribution in [1.82, 2.24) is 5.32 Å². The van der Waals surface area contributed by atoms with Crippen molar-refractivity contribution in [3.05, 3.63) is 35.4 Å². The molecule has 1 saturated carbocycles. The van der Waals surface area contributed by atoms with Crippen molar-refractivity contribution in [3.63, 3.8) is 0 Å². The standard InChI is InChI=1S/C14H19F2N/c1-3-4-17-14-8-13(9(14)2)10-5-11(15)7-12(16)6-10/h5-7,9,13-14,17H,3-4,8H2,1-2H3. The lowest BCUT2D eigenvalue weighted by molar-refractivity contribution is 0.184. The lowest BCUT2D eigenvalue weighted by Crippen LogP contribution is -2.48. The topological polar surface area (TPSA) is 12.0 Å². The van der Waals surface area contributed by atoms with Gasteiger partial charge in [-0.3, -0.25) is 0 Å². The molecule has 3 heteroatoms. The molecule has 0 radical (unpaired) electrons. The van der Waals surface area contributed by atoms with Crippen LogP contribution in [0.1, 0.15) is 38.2 Å². The zero-order chi connectivity index (χ0) is 12.4. The second-order valence-electron chi connectivity index (χ2n) is 4.96. The summed E-state index contributed by atoms with van der Waals surface area (Å²) in [6, 6.07) is 4.34. The average molecular weight is 239 g/mol. The van der Waals surface area contributed by atoms with E-state index < -0.39 is 11.6 Å². The molecule has 0 bridgehead atoms. The minimum Gasteiger partial charge on any atom is -0.314 e. The molecule has 94 valence electrons. The molecule has 1 aromatic carbocycles. The first-order chi connectivity index (χ1) is 8.11. The van der Waals surface area contributed by atoms with E-state index in [1.165, 1.54) is 12.1 Å². The maximum atomic E-state index is 13.1. The first kappa shape index (κ1) is 12.5. The van der Waals surface area contributed by atoms with Gasteiger partial charge in [-0.15, -0.1) is 0 Å². The number of nitrogens with one attached hydrogen (secondary N) is 1. The van der Waals surface area contributed by atoms with E-state index in [4.69, 9.17) is 0 Å². The van der Waals surface area contributed by atoms with Crippen LogP contribution in [0.4, 0.5) is 8.78 Å². The molecule has 1 N–H and O–H groups in total. The van der Waals surface area contributed by atoms with Crippen LogP contribution in [0.25, 0.3) is 0 Å². The highest BCUT2D eigenvalue weighted by Crippen LogP contribution is 2.42. The Morgan fingerprint density at radius 1 is 1.24 bits per heavy atom. The summed E-state index contributed by atoms with van der Waals surface area (Å²) in [4.78, 5) is 0. The van der Waals surface area contributed by atoms with Crippen molar-refractivity contribution in [2.75, 3.05) is 6.54 Å². The zero-order valence-corrected chi connectivity index (χ0v) is 10.3. The van der Waals surface area contributed by atoms with Crippen LogP contribution in [0.2, 0.25) is 0 Å². The Morgan fingerprint density at radius 2 is 1.88 bits per heavy atom. The fourth-order valence-electron chi connectivity index (χ4n) is 2.62. The summed E-state index contributed by atoms with van der Waals surface area (Å²) in [5.74, 6) is -0.216. The second kappa shape index (κ2) is 5.13. The summed E-state index contributed by atoms with van der Waals surface area (Å²) < 4.78 is 26.2. The summed E-state index contributed by atoms with van der Waals surface area (Å²) in [5, 5.41) is 3.46. The van der Waals surface area contributed by atoms with Crippen LogP contribution >= 0.6 is 0 Å². The Kier molecular flexibility index (Phi) is 3.77. The van der Waals surface area contributed by atoms with E-state index in [1.807, 2.05) is 0 Å². The van der Waals surface area contributed by atoms with E-state index in [2.05, 4.69) is 19.2 Å². The van der Waals surface area contributed by atoms with E-state index in [9.17, 15) is 8.78 Å². The zero-order valence-electron chi connectivity index (χ0n) is 10.3. The largest absolute Gasteiger partial charge is 0.314 e. The Labute approximate surface area is 101 Å². The first-order valence-electron chi connectivity index (χ1n) is 6.31. The molecule has 1 nitrogen and oxygen atoms in total. The third kappa shape index (κ3) is 2.65. The average Bonchev–Trinajstić information content (AvgIpc) is 2.26. The highest BCUT2D eigenvalue weighted by atomic mass is 19.1. The van der Waals surface area contributed by atoms with Crippen LogP contribution in [0.5, 0.6) is 0 Å². The molecule has 2 rings (SSSR count). The van der Waals surface area contributed by atoms with Crippen molar-refractivity contribution < 1.29 is 8.78 Å². The number of hydrogen-bond acceptors (Lipinski definition) is 1. The molecule has 1 fully saturated rings. The van der Waals surface area contributed by atoms with Crippen molar-refractivity contribution in [2.24, 2.45) is 5.92 Å². The molecule has 0 heterocycles. The van der Waals surface area contributed by atoms with Crippen LogP contribution in [0, 0.1) is 17.6 Å². The van der Waals surface area contributed by atoms with Gasteiger partial charge < -0.3 is 5.32 Å². The van der Waals surface area contributed by atoms with Crippen LogP contribution in [-0.2, 0) is 0 Å². The SMILES string of the molecule is CCCNC1CC(c2cc(F)cc(F)c2)C1C. The molecule has 0 amide bonds. The minimum absolute atomic E-state index is 0.287. The molecule has 17 heavy (non-hydrogen) atoms. The van der Waals surface area contributed by atoms with Gasteiger partial charge in [0, 0.05) is 12.1 Å². The smallest absolute Gasteiger partial charge is 0.126 e. The Balaban J connectivity index is 2.01. The molecular weight excluding hydrogens is 220 g/mol. The quantitative estimate of drug-likeness (QED) is 0.848. The molecule has 1 aliphatic carbocycles. The molecule has 1 aromatic rings. The monoisotopic (exact) mass is 239 g/mol. The molecule has 0 spiro atoms. The van der Waals surface area contributed by atoms with Crippen LogP contribution in [0.15, 0.2) is 18.2 Å². The molecule has 0 saturated heterocycles. The lowest BCUT2D eigenvalue weighted by atomic mass is 9.67. The van der Waals surface area contributed by atoms with Gasteiger partial charge in [0.15, 0.2) is 0 Å². The minimum atomic E-state index is -0.475. The van der Waals surface area contributed by atoms with Gasteiger partial charge in [0.1, 0.15) is 11.6 Å². The number of benzene rings is 1. The third-order valence-corrected chi connectivity index (χ3v) is 3.75. The predicted octanol–water partition coefficient (Wildman–Crippen LogP) is 3.46. The molecular formula is C14H19F2N. The third-order valence-electron chi connectivity index (χ3n) is 3.75. The summed E-state index contributed by atoms with van der Waals surface area (Å²) in [7, 11) is 0. The van der Waals surface area contributed by atoms with E-state index >= 15 is 0 Å². The second-order valence-corrected chi connectivity index (χ2v) is 4.96. The number of halogens is 2. The summed E-state index contributed by atoms with van der Waals surface area (Å²) in [6.07, 6.45) is 2.09. The number of rotatable bonds is 4. The van der Waals surface area contributed by atoms with Crippen molar-refractivity contribution >= 4 is 0 Å². The molecule has 0 aromatic heterocycles. The van der Waals surface area contributed by atoms with Crippen molar-refractivity contribution in [1.29, 1.82) is 0 Å². The van der Waals surface area contributed by atoms with Crippen LogP contribution in [0.3, 0.4) is 0 Å². The van der Waals surface area contributed by atoms with E-state index in [0.717, 1.165) is 31.0 Å². The van der Waals surface area contributed by atoms with Crippen molar-refractivity contribution in [2.45, 2.75) is 38.6 Å². The maximum Gasteiger partial charge on any atom is 0.126 e. The van der Waals surface area contributed by atoms with Gasteiger partial charge in [-0.2, -0.15) is 0 Å². The number of hydrogen-bond donors (Lipinski definition) is 1. The molecule has 3 atom stereocenters. The van der Waals surface area contributed by atoms with Gasteiger partial charge in [-0.05, 0) is 48.9 Å². The van der Waals surface area contributed by atoms with Gasteiger partial charge in [0.2, 0.25) is 0 Å². The van der Waals surface area contributed by atoms with E-state index in [1.54, 1.807) is 0 Å². The highest BCUT2D eigenvalue weighted by molar-refractivity contribution is 5.26. The predicted molar refractivity (Wildman–Crippen MR) is 65.0 cm³/mol. The normalized spacial score (nSPS) is 27.9. The van der Waals surface area contributed by atoms with E-state index in [0.29, 0.717) is 12.0 Å².